The molecule has 0 aliphatic heterocycles. The Hall–Kier alpha value is -3.95. The van der Waals surface area contributed by atoms with Gasteiger partial charge < -0.3 is 10.1 Å². The second kappa shape index (κ2) is 8.44. The lowest BCUT2D eigenvalue weighted by Gasteiger charge is -2.20. The van der Waals surface area contributed by atoms with Crippen LogP contribution >= 0.6 is 0 Å². The zero-order valence-electron chi connectivity index (χ0n) is 18.9. The maximum atomic E-state index is 13.0. The van der Waals surface area contributed by atoms with Crippen molar-refractivity contribution in [2.75, 3.05) is 5.32 Å². The Morgan fingerprint density at radius 1 is 1.03 bits per heavy atom. The Kier molecular flexibility index (Phi) is 5.76. The molecule has 0 atom stereocenters. The number of aromatic nitrogens is 4. The van der Waals surface area contributed by atoms with Gasteiger partial charge in [0.1, 0.15) is 11.4 Å². The van der Waals surface area contributed by atoms with Crippen molar-refractivity contribution in [3.8, 4) is 11.3 Å². The number of benzene rings is 2. The van der Waals surface area contributed by atoms with Gasteiger partial charge in [-0.2, -0.15) is 13.2 Å². The smallest absolute Gasteiger partial charge is 0.420 e. The lowest BCUT2D eigenvalue weighted by Crippen LogP contribution is -2.27. The van der Waals surface area contributed by atoms with E-state index in [1.54, 1.807) is 52.0 Å². The molecule has 34 heavy (non-hydrogen) atoms. The molecule has 0 bridgehead atoms. The minimum atomic E-state index is -4.45. The van der Waals surface area contributed by atoms with Crippen LogP contribution in [-0.4, -0.2) is 31.2 Å². The van der Waals surface area contributed by atoms with Crippen LogP contribution in [0.2, 0.25) is 0 Å². The maximum Gasteiger partial charge on any atom is 0.420 e. The quantitative estimate of drug-likeness (QED) is 0.377. The molecular weight excluding hydrogens is 447 g/mol. The number of imidazole rings is 1. The largest absolute Gasteiger partial charge is 0.443 e. The normalized spacial score (nSPS) is 12.1. The SMILES string of the molecule is Cc1nc2ccc(-c3ccnc(Nc4cccc(C(F)(F)F)c4)n3)cc2n1C(=O)OC(C)(C)C. The highest BCUT2D eigenvalue weighted by Gasteiger charge is 2.30. The molecule has 0 amide bonds. The van der Waals surface area contributed by atoms with Gasteiger partial charge in [-0.25, -0.2) is 24.3 Å². The minimum absolute atomic E-state index is 0.133. The number of nitrogens with one attached hydrogen (secondary N) is 1. The second-order valence-electron chi connectivity index (χ2n) is 8.65. The fourth-order valence-corrected chi connectivity index (χ4v) is 3.38. The van der Waals surface area contributed by atoms with E-state index in [9.17, 15) is 18.0 Å². The number of nitrogens with zero attached hydrogens (tertiary/aromatic N) is 4. The molecule has 176 valence electrons. The van der Waals surface area contributed by atoms with E-state index in [0.29, 0.717) is 28.1 Å². The molecule has 2 aromatic heterocycles. The van der Waals surface area contributed by atoms with Gasteiger partial charge in [-0.1, -0.05) is 12.1 Å². The third kappa shape index (κ3) is 5.00. The van der Waals surface area contributed by atoms with E-state index in [1.165, 1.54) is 22.9 Å². The molecule has 4 rings (SSSR count). The van der Waals surface area contributed by atoms with Crippen LogP contribution < -0.4 is 5.32 Å². The summed E-state index contributed by atoms with van der Waals surface area (Å²) in [7, 11) is 0. The Morgan fingerprint density at radius 2 is 1.79 bits per heavy atom. The number of alkyl halides is 3. The third-order valence-corrected chi connectivity index (χ3v) is 4.80. The first-order valence-corrected chi connectivity index (χ1v) is 10.4. The highest BCUT2D eigenvalue weighted by Crippen LogP contribution is 2.31. The lowest BCUT2D eigenvalue weighted by atomic mass is 10.1. The standard InChI is InChI=1S/C24H22F3N5O2/c1-14-29-19-9-8-15(12-20(19)32(14)22(33)34-23(2,3)4)18-10-11-28-21(31-18)30-17-7-5-6-16(13-17)24(25,26)27/h5-13H,1-4H3,(H,28,30,31). The van der Waals surface area contributed by atoms with Crippen molar-refractivity contribution in [2.24, 2.45) is 0 Å². The molecule has 0 spiro atoms. The molecule has 10 heteroatoms. The van der Waals surface area contributed by atoms with E-state index in [1.807, 2.05) is 0 Å². The van der Waals surface area contributed by atoms with Crippen LogP contribution in [0.3, 0.4) is 0 Å². The van der Waals surface area contributed by atoms with Gasteiger partial charge in [-0.15, -0.1) is 0 Å². The zero-order valence-corrected chi connectivity index (χ0v) is 18.9. The topological polar surface area (TPSA) is 81.9 Å². The molecule has 0 unspecified atom stereocenters. The first-order valence-electron chi connectivity index (χ1n) is 10.4. The van der Waals surface area contributed by atoms with Crippen molar-refractivity contribution in [3.05, 3.63) is 66.1 Å². The summed E-state index contributed by atoms with van der Waals surface area (Å²) in [5.74, 6) is 0.616. The highest BCUT2D eigenvalue weighted by molar-refractivity contribution is 5.90. The Balaban J connectivity index is 1.67. The van der Waals surface area contributed by atoms with Gasteiger partial charge in [-0.3, -0.25) is 0 Å². The monoisotopic (exact) mass is 469 g/mol. The third-order valence-electron chi connectivity index (χ3n) is 4.80. The first kappa shape index (κ1) is 23.2. The van der Waals surface area contributed by atoms with Gasteiger partial charge in [0.05, 0.1) is 22.3 Å². The second-order valence-corrected chi connectivity index (χ2v) is 8.65. The van der Waals surface area contributed by atoms with Crippen LogP contribution in [0.4, 0.5) is 29.6 Å². The number of fused-ring (bicyclic) bond motifs is 1. The van der Waals surface area contributed by atoms with Crippen LogP contribution in [0.25, 0.3) is 22.3 Å². The number of ether oxygens (including phenoxy) is 1. The molecule has 0 saturated carbocycles. The Bertz CT molecular complexity index is 1370. The molecule has 7 nitrogen and oxygen atoms in total. The summed E-state index contributed by atoms with van der Waals surface area (Å²) >= 11 is 0. The molecule has 4 aromatic rings. The van der Waals surface area contributed by atoms with Crippen LogP contribution in [0.15, 0.2) is 54.7 Å². The van der Waals surface area contributed by atoms with Crippen LogP contribution in [0, 0.1) is 6.92 Å². The van der Waals surface area contributed by atoms with Gasteiger partial charge in [0.2, 0.25) is 5.95 Å². The van der Waals surface area contributed by atoms with Crippen molar-refractivity contribution >= 4 is 28.8 Å². The van der Waals surface area contributed by atoms with Crippen molar-refractivity contribution in [3.63, 3.8) is 0 Å². The molecule has 2 aromatic carbocycles. The summed E-state index contributed by atoms with van der Waals surface area (Å²) in [6.07, 6.45) is -3.50. The maximum absolute atomic E-state index is 13.0. The number of aryl methyl sites for hydroxylation is 1. The summed E-state index contributed by atoms with van der Waals surface area (Å²) < 4.78 is 45.9. The summed E-state index contributed by atoms with van der Waals surface area (Å²) in [5.41, 5.74) is 1.12. The van der Waals surface area contributed by atoms with E-state index >= 15 is 0 Å². The van der Waals surface area contributed by atoms with Gasteiger partial charge in [0.15, 0.2) is 0 Å². The fraction of sp³-hybridized carbons (Fsp3) is 0.250. The van der Waals surface area contributed by atoms with Crippen LogP contribution in [0.5, 0.6) is 0 Å². The summed E-state index contributed by atoms with van der Waals surface area (Å²) in [4.78, 5) is 25.7. The van der Waals surface area contributed by atoms with Crippen molar-refractivity contribution < 1.29 is 22.7 Å². The molecule has 0 fully saturated rings. The highest BCUT2D eigenvalue weighted by atomic mass is 19.4. The number of anilines is 2. The molecule has 0 radical (unpaired) electrons. The van der Waals surface area contributed by atoms with Gasteiger partial charge >= 0.3 is 12.3 Å². The van der Waals surface area contributed by atoms with E-state index < -0.39 is 23.4 Å². The lowest BCUT2D eigenvalue weighted by molar-refractivity contribution is -0.137. The van der Waals surface area contributed by atoms with Crippen molar-refractivity contribution in [1.29, 1.82) is 0 Å². The van der Waals surface area contributed by atoms with Crippen molar-refractivity contribution in [2.45, 2.75) is 39.5 Å². The molecule has 2 heterocycles. The average Bonchev–Trinajstić information content (AvgIpc) is 3.07. The molecule has 1 N–H and O–H groups in total. The zero-order chi connectivity index (χ0) is 24.7. The number of carbonyl (C=O) groups is 1. The number of halogens is 3. The van der Waals surface area contributed by atoms with E-state index in [4.69, 9.17) is 4.74 Å². The predicted octanol–water partition coefficient (Wildman–Crippen LogP) is 6.35. The van der Waals surface area contributed by atoms with Crippen LogP contribution in [0.1, 0.15) is 32.2 Å². The van der Waals surface area contributed by atoms with Gasteiger partial charge in [-0.05, 0) is 64.1 Å². The van der Waals surface area contributed by atoms with Gasteiger partial charge in [0.25, 0.3) is 0 Å². The predicted molar refractivity (Wildman–Crippen MR) is 122 cm³/mol. The number of carbonyl (C=O) groups excluding carboxylic acids is 1. The Morgan fingerprint density at radius 3 is 2.50 bits per heavy atom. The van der Waals surface area contributed by atoms with E-state index in [2.05, 4.69) is 20.3 Å². The number of rotatable bonds is 3. The minimum Gasteiger partial charge on any atom is -0.443 e. The summed E-state index contributed by atoms with van der Waals surface area (Å²) in [5, 5.41) is 2.81. The fourth-order valence-electron chi connectivity index (χ4n) is 3.38. The average molecular weight is 469 g/mol. The van der Waals surface area contributed by atoms with E-state index in [0.717, 1.165) is 12.1 Å². The van der Waals surface area contributed by atoms with Gasteiger partial charge in [0, 0.05) is 17.4 Å². The molecule has 0 aliphatic rings. The summed E-state index contributed by atoms with van der Waals surface area (Å²) in [6, 6.07) is 11.8. The Labute approximate surface area is 193 Å². The first-order chi connectivity index (χ1) is 15.9. The van der Waals surface area contributed by atoms with Crippen LogP contribution in [-0.2, 0) is 10.9 Å². The molecular formula is C24H22F3N5O2. The number of hydrogen-bond donors (Lipinski definition) is 1. The van der Waals surface area contributed by atoms with Crippen molar-refractivity contribution in [1.82, 2.24) is 19.5 Å². The summed E-state index contributed by atoms with van der Waals surface area (Å²) in [6.45, 7) is 7.06. The molecule has 0 saturated heterocycles. The number of hydrogen-bond acceptors (Lipinski definition) is 6. The molecule has 0 aliphatic carbocycles. The van der Waals surface area contributed by atoms with E-state index in [-0.39, 0.29) is 11.6 Å².